The SMILES string of the molecule is Cc1nc(-c2ncc(Cl)c(Nc3cc(C4CC4)[nH]n3)n2)sc1C(C)O.[HH].[HH].[HH]. The Bertz CT molecular complexity index is 931. The molecule has 3 heterocycles. The fraction of sp³-hybridized carbons (Fsp3) is 0.375. The van der Waals surface area contributed by atoms with E-state index >= 15 is 0 Å². The summed E-state index contributed by atoms with van der Waals surface area (Å²) in [6.45, 7) is 3.58. The van der Waals surface area contributed by atoms with Gasteiger partial charge in [0.25, 0.3) is 0 Å². The van der Waals surface area contributed by atoms with Gasteiger partial charge in [0, 0.05) is 22.0 Å². The largest absolute Gasteiger partial charge is 0.388 e. The van der Waals surface area contributed by atoms with Gasteiger partial charge in [0.05, 0.1) is 22.9 Å². The molecule has 0 radical (unpaired) electrons. The summed E-state index contributed by atoms with van der Waals surface area (Å²) in [5.41, 5.74) is 1.91. The van der Waals surface area contributed by atoms with E-state index in [0.717, 1.165) is 16.3 Å². The second kappa shape index (κ2) is 6.36. The number of rotatable bonds is 5. The molecule has 25 heavy (non-hydrogen) atoms. The number of aromatic amines is 1. The number of aliphatic hydroxyl groups excluding tert-OH is 1. The standard InChI is InChI=1S/C16H17ClN6OS.3H2/c1-7-13(8(2)24)25-16(19-7)15-18-6-10(17)14(21-15)20-12-5-11(22-23-12)9-3-4-9;;;/h5-6,8-9,24H,3-4H2,1-2H3,(H2,18,20,21,22,23);3*1H. The third kappa shape index (κ3) is 3.37. The molecule has 1 aliphatic carbocycles. The molecule has 1 atom stereocenters. The molecular weight excluding hydrogens is 360 g/mol. The van der Waals surface area contributed by atoms with Gasteiger partial charge in [-0.3, -0.25) is 5.10 Å². The van der Waals surface area contributed by atoms with Gasteiger partial charge in [0.15, 0.2) is 22.5 Å². The van der Waals surface area contributed by atoms with E-state index in [2.05, 4.69) is 30.5 Å². The van der Waals surface area contributed by atoms with Gasteiger partial charge >= 0.3 is 0 Å². The molecule has 9 heteroatoms. The second-order valence-corrected chi connectivity index (χ2v) is 7.58. The molecule has 3 aromatic rings. The molecule has 7 nitrogen and oxygen atoms in total. The maximum atomic E-state index is 9.79. The van der Waals surface area contributed by atoms with Crippen LogP contribution < -0.4 is 5.32 Å². The monoisotopic (exact) mass is 382 g/mol. The van der Waals surface area contributed by atoms with E-state index in [1.165, 1.54) is 24.2 Å². The first-order valence-electron chi connectivity index (χ1n) is 8.02. The lowest BCUT2D eigenvalue weighted by Crippen LogP contribution is -1.98. The number of hydrogen-bond donors (Lipinski definition) is 3. The quantitative estimate of drug-likeness (QED) is 0.591. The molecule has 1 aliphatic rings. The Kier molecular flexibility index (Phi) is 4.18. The highest BCUT2D eigenvalue weighted by Crippen LogP contribution is 2.40. The van der Waals surface area contributed by atoms with Gasteiger partial charge in [0.1, 0.15) is 5.02 Å². The Hall–Kier alpha value is -2.03. The summed E-state index contributed by atoms with van der Waals surface area (Å²) in [5, 5.41) is 21.3. The van der Waals surface area contributed by atoms with Gasteiger partial charge in [0.2, 0.25) is 0 Å². The molecule has 0 aliphatic heterocycles. The van der Waals surface area contributed by atoms with Crippen LogP contribution >= 0.6 is 22.9 Å². The van der Waals surface area contributed by atoms with Crippen molar-refractivity contribution in [1.29, 1.82) is 0 Å². The molecule has 0 aromatic carbocycles. The number of aliphatic hydroxyl groups is 1. The van der Waals surface area contributed by atoms with Gasteiger partial charge in [-0.05, 0) is 26.7 Å². The molecule has 1 fully saturated rings. The molecular formula is C16H23ClN6OS. The van der Waals surface area contributed by atoms with Gasteiger partial charge < -0.3 is 10.4 Å². The van der Waals surface area contributed by atoms with Crippen molar-refractivity contribution in [3.8, 4) is 10.8 Å². The molecule has 1 unspecified atom stereocenters. The van der Waals surface area contributed by atoms with Gasteiger partial charge in [-0.2, -0.15) is 5.10 Å². The zero-order valence-electron chi connectivity index (χ0n) is 13.7. The van der Waals surface area contributed by atoms with Gasteiger partial charge in [-0.25, -0.2) is 15.0 Å². The van der Waals surface area contributed by atoms with Crippen LogP contribution in [0.4, 0.5) is 11.6 Å². The number of nitrogens with zero attached hydrogens (tertiary/aromatic N) is 4. The van der Waals surface area contributed by atoms with Crippen LogP contribution in [0.2, 0.25) is 5.02 Å². The van der Waals surface area contributed by atoms with E-state index in [4.69, 9.17) is 11.6 Å². The van der Waals surface area contributed by atoms with Crippen molar-refractivity contribution in [2.75, 3.05) is 5.32 Å². The number of aromatic nitrogens is 5. The minimum absolute atomic E-state index is 0. The van der Waals surface area contributed by atoms with Crippen LogP contribution in [0.15, 0.2) is 12.3 Å². The summed E-state index contributed by atoms with van der Waals surface area (Å²) in [5.74, 6) is 2.21. The molecule has 3 N–H and O–H groups in total. The number of thiazole rings is 1. The third-order valence-corrected chi connectivity index (χ3v) is 5.61. The summed E-state index contributed by atoms with van der Waals surface area (Å²) < 4.78 is 0. The van der Waals surface area contributed by atoms with Crippen molar-refractivity contribution in [2.45, 2.75) is 38.7 Å². The van der Waals surface area contributed by atoms with E-state index in [9.17, 15) is 5.11 Å². The normalized spacial score (nSPS) is 15.4. The highest BCUT2D eigenvalue weighted by molar-refractivity contribution is 7.15. The fourth-order valence-electron chi connectivity index (χ4n) is 2.57. The molecule has 0 bridgehead atoms. The maximum Gasteiger partial charge on any atom is 0.190 e. The van der Waals surface area contributed by atoms with Crippen LogP contribution in [0.5, 0.6) is 0 Å². The van der Waals surface area contributed by atoms with Crippen molar-refractivity contribution in [3.63, 3.8) is 0 Å². The van der Waals surface area contributed by atoms with Crippen molar-refractivity contribution in [2.24, 2.45) is 0 Å². The zero-order chi connectivity index (χ0) is 17.6. The molecule has 0 saturated heterocycles. The third-order valence-electron chi connectivity index (χ3n) is 4.01. The smallest absolute Gasteiger partial charge is 0.190 e. The molecule has 4 rings (SSSR count). The van der Waals surface area contributed by atoms with Crippen LogP contribution in [0.25, 0.3) is 10.8 Å². The molecule has 0 amide bonds. The van der Waals surface area contributed by atoms with Crippen LogP contribution in [0, 0.1) is 6.92 Å². The minimum Gasteiger partial charge on any atom is -0.388 e. The van der Waals surface area contributed by atoms with Gasteiger partial charge in [-0.15, -0.1) is 11.3 Å². The van der Waals surface area contributed by atoms with Crippen LogP contribution in [-0.4, -0.2) is 30.3 Å². The minimum atomic E-state index is -0.568. The van der Waals surface area contributed by atoms with E-state index in [-0.39, 0.29) is 4.28 Å². The molecule has 136 valence electrons. The Labute approximate surface area is 158 Å². The first kappa shape index (κ1) is 16.4. The van der Waals surface area contributed by atoms with Crippen LogP contribution in [-0.2, 0) is 0 Å². The number of nitrogens with one attached hydrogen (secondary N) is 2. The number of hydrogen-bond acceptors (Lipinski definition) is 7. The summed E-state index contributed by atoms with van der Waals surface area (Å²) in [7, 11) is 0. The average Bonchev–Trinajstić information content (AvgIpc) is 3.19. The highest BCUT2D eigenvalue weighted by atomic mass is 35.5. The van der Waals surface area contributed by atoms with Crippen molar-refractivity contribution >= 4 is 34.6 Å². The maximum absolute atomic E-state index is 9.79. The summed E-state index contributed by atoms with van der Waals surface area (Å²) in [6.07, 6.45) is 3.38. The van der Waals surface area contributed by atoms with E-state index in [1.807, 2.05) is 13.0 Å². The zero-order valence-corrected chi connectivity index (χ0v) is 15.3. The average molecular weight is 383 g/mol. The Balaban J connectivity index is 0.00000131. The van der Waals surface area contributed by atoms with Crippen molar-refractivity contribution < 1.29 is 9.39 Å². The summed E-state index contributed by atoms with van der Waals surface area (Å²) >= 11 is 7.60. The first-order chi connectivity index (χ1) is 12.0. The summed E-state index contributed by atoms with van der Waals surface area (Å²) in [4.78, 5) is 14.0. The second-order valence-electron chi connectivity index (χ2n) is 6.14. The molecule has 0 spiro atoms. The molecule has 3 aromatic heterocycles. The van der Waals surface area contributed by atoms with Crippen molar-refractivity contribution in [1.82, 2.24) is 25.1 Å². The number of halogens is 1. The van der Waals surface area contributed by atoms with Gasteiger partial charge in [-0.1, -0.05) is 11.6 Å². The Morgan fingerprint density at radius 2 is 2.24 bits per heavy atom. The predicted octanol–water partition coefficient (Wildman–Crippen LogP) is 4.70. The first-order valence-corrected chi connectivity index (χ1v) is 9.21. The lowest BCUT2D eigenvalue weighted by atomic mass is 10.3. The lowest BCUT2D eigenvalue weighted by Gasteiger charge is -2.05. The van der Waals surface area contributed by atoms with Crippen LogP contribution in [0.1, 0.15) is 52.3 Å². The number of H-pyrrole nitrogens is 1. The predicted molar refractivity (Wildman–Crippen MR) is 104 cm³/mol. The van der Waals surface area contributed by atoms with E-state index < -0.39 is 6.10 Å². The molecule has 1 saturated carbocycles. The highest BCUT2D eigenvalue weighted by Gasteiger charge is 2.25. The number of anilines is 2. The van der Waals surface area contributed by atoms with E-state index in [1.54, 1.807) is 13.1 Å². The lowest BCUT2D eigenvalue weighted by molar-refractivity contribution is 0.202. The summed E-state index contributed by atoms with van der Waals surface area (Å²) in [6, 6.07) is 1.98. The fourth-order valence-corrected chi connectivity index (χ4v) is 3.66. The Morgan fingerprint density at radius 1 is 1.44 bits per heavy atom. The number of aryl methyl sites for hydroxylation is 1. The van der Waals surface area contributed by atoms with E-state index in [0.29, 0.717) is 33.4 Å². The topological polar surface area (TPSA) is 99.6 Å². The van der Waals surface area contributed by atoms with Crippen LogP contribution in [0.3, 0.4) is 0 Å². The Morgan fingerprint density at radius 3 is 2.92 bits per heavy atom. The van der Waals surface area contributed by atoms with Crippen molar-refractivity contribution in [3.05, 3.63) is 33.6 Å².